The van der Waals surface area contributed by atoms with E-state index >= 15 is 0 Å². The molecule has 0 saturated carbocycles. The topological polar surface area (TPSA) is 43.4 Å². The number of cyclic esters (lactones) is 1. The fraction of sp³-hybridized carbons (Fsp3) is 0.273. The molecule has 0 N–H and O–H groups in total. The van der Waals surface area contributed by atoms with Crippen LogP contribution in [0.25, 0.3) is 0 Å². The Bertz CT molecular complexity index is 397. The Labute approximate surface area is 92.0 Å². The van der Waals surface area contributed by atoms with Crippen molar-refractivity contribution in [1.82, 2.24) is 0 Å². The molecule has 1 saturated heterocycles. The molecule has 0 radical (unpaired) electrons. The molecule has 1 heterocycles. The molecular formula is C11H9ClO3. The molecule has 1 aromatic carbocycles. The molecule has 0 aromatic heterocycles. The van der Waals surface area contributed by atoms with Crippen LogP contribution < -0.4 is 0 Å². The second-order valence-electron chi connectivity index (χ2n) is 3.39. The zero-order valence-corrected chi connectivity index (χ0v) is 8.66. The van der Waals surface area contributed by atoms with Crippen LogP contribution in [0.5, 0.6) is 0 Å². The summed E-state index contributed by atoms with van der Waals surface area (Å²) in [6.07, 6.45) is -0.307. The van der Waals surface area contributed by atoms with E-state index in [4.69, 9.17) is 16.3 Å². The normalized spacial score (nSPS) is 21.3. The van der Waals surface area contributed by atoms with E-state index < -0.39 is 6.10 Å². The van der Waals surface area contributed by atoms with Gasteiger partial charge in [0.1, 0.15) is 0 Å². The lowest BCUT2D eigenvalue weighted by molar-refractivity contribution is -0.161. The summed E-state index contributed by atoms with van der Waals surface area (Å²) in [6.45, 7) is 0. The van der Waals surface area contributed by atoms with Crippen molar-refractivity contribution in [3.8, 4) is 0 Å². The van der Waals surface area contributed by atoms with Crippen LogP contribution in [0, 0.1) is 0 Å². The first-order valence-corrected chi connectivity index (χ1v) is 5.02. The lowest BCUT2D eigenvalue weighted by atomic mass is 10.00. The molecule has 1 aromatic rings. The lowest BCUT2D eigenvalue weighted by Gasteiger charge is -2.21. The Morgan fingerprint density at radius 2 is 1.80 bits per heavy atom. The van der Waals surface area contributed by atoms with E-state index in [0.717, 1.165) is 0 Å². The minimum absolute atomic E-state index is 0.0584. The van der Waals surface area contributed by atoms with Crippen LogP contribution >= 0.6 is 11.6 Å². The van der Waals surface area contributed by atoms with Gasteiger partial charge in [0.15, 0.2) is 11.9 Å². The smallest absolute Gasteiger partial charge is 0.307 e. The molecule has 0 aliphatic carbocycles. The first-order chi connectivity index (χ1) is 7.16. The molecule has 0 amide bonds. The summed E-state index contributed by atoms with van der Waals surface area (Å²) in [4.78, 5) is 22.6. The van der Waals surface area contributed by atoms with Crippen LogP contribution in [-0.2, 0) is 14.3 Å². The molecule has 78 valence electrons. The third-order valence-electron chi connectivity index (χ3n) is 2.29. The standard InChI is InChI=1S/C11H9ClO3/c12-8-3-1-7(2-4-8)11-9(13)5-6-10(14)15-11/h1-4,11H,5-6H2. The summed E-state index contributed by atoms with van der Waals surface area (Å²) in [5.41, 5.74) is 0.678. The number of carbonyl (C=O) groups is 2. The Hall–Kier alpha value is -1.35. The molecule has 1 fully saturated rings. The molecule has 15 heavy (non-hydrogen) atoms. The van der Waals surface area contributed by atoms with Crippen LogP contribution in [0.1, 0.15) is 24.5 Å². The molecule has 0 bridgehead atoms. The number of ketones is 1. The molecular weight excluding hydrogens is 216 g/mol. The number of hydrogen-bond donors (Lipinski definition) is 0. The number of benzene rings is 1. The maximum atomic E-state index is 11.5. The number of ether oxygens (including phenoxy) is 1. The summed E-state index contributed by atoms with van der Waals surface area (Å²) >= 11 is 5.72. The summed E-state index contributed by atoms with van der Waals surface area (Å²) in [7, 11) is 0. The van der Waals surface area contributed by atoms with Crippen molar-refractivity contribution >= 4 is 23.4 Å². The van der Waals surface area contributed by atoms with Crippen molar-refractivity contribution in [2.75, 3.05) is 0 Å². The first kappa shape index (κ1) is 10.2. The van der Waals surface area contributed by atoms with E-state index in [1.165, 1.54) is 0 Å². The van der Waals surface area contributed by atoms with Crippen molar-refractivity contribution in [3.63, 3.8) is 0 Å². The van der Waals surface area contributed by atoms with Crippen molar-refractivity contribution in [1.29, 1.82) is 0 Å². The number of hydrogen-bond acceptors (Lipinski definition) is 3. The van der Waals surface area contributed by atoms with Crippen molar-refractivity contribution in [2.24, 2.45) is 0 Å². The molecule has 4 heteroatoms. The van der Waals surface area contributed by atoms with Gasteiger partial charge in [-0.25, -0.2) is 0 Å². The highest BCUT2D eigenvalue weighted by Gasteiger charge is 2.29. The summed E-state index contributed by atoms with van der Waals surface area (Å²) in [5, 5.41) is 0.591. The predicted molar refractivity (Wildman–Crippen MR) is 54.5 cm³/mol. The van der Waals surface area contributed by atoms with Crippen LogP contribution in [0.15, 0.2) is 24.3 Å². The van der Waals surface area contributed by atoms with Crippen molar-refractivity contribution in [2.45, 2.75) is 18.9 Å². The molecule has 2 rings (SSSR count). The average Bonchev–Trinajstić information content (AvgIpc) is 2.23. The molecule has 1 aliphatic rings. The SMILES string of the molecule is O=C1CCC(=O)C(c2ccc(Cl)cc2)O1. The van der Waals surface area contributed by atoms with E-state index in [-0.39, 0.29) is 24.6 Å². The maximum absolute atomic E-state index is 11.5. The number of halogens is 1. The number of Topliss-reactive ketones (excluding diaryl/α,β-unsaturated/α-hetero) is 1. The highest BCUT2D eigenvalue weighted by Crippen LogP contribution is 2.26. The monoisotopic (exact) mass is 224 g/mol. The Balaban J connectivity index is 2.25. The highest BCUT2D eigenvalue weighted by atomic mass is 35.5. The largest absolute Gasteiger partial charge is 0.449 e. The van der Waals surface area contributed by atoms with E-state index in [1.54, 1.807) is 24.3 Å². The minimum Gasteiger partial charge on any atom is -0.449 e. The second kappa shape index (κ2) is 4.03. The zero-order chi connectivity index (χ0) is 10.8. The van der Waals surface area contributed by atoms with Gasteiger partial charge in [-0.05, 0) is 12.1 Å². The third-order valence-corrected chi connectivity index (χ3v) is 2.54. The van der Waals surface area contributed by atoms with Crippen molar-refractivity contribution < 1.29 is 14.3 Å². The maximum Gasteiger partial charge on any atom is 0.307 e. The number of esters is 1. The van der Waals surface area contributed by atoms with Gasteiger partial charge in [-0.2, -0.15) is 0 Å². The number of rotatable bonds is 1. The highest BCUT2D eigenvalue weighted by molar-refractivity contribution is 6.30. The predicted octanol–water partition coefficient (Wildman–Crippen LogP) is 2.29. The van der Waals surface area contributed by atoms with E-state index in [1.807, 2.05) is 0 Å². The molecule has 0 spiro atoms. The lowest BCUT2D eigenvalue weighted by Crippen LogP contribution is -2.25. The molecule has 1 atom stereocenters. The van der Waals surface area contributed by atoms with Crippen LogP contribution in [0.4, 0.5) is 0 Å². The van der Waals surface area contributed by atoms with E-state index in [2.05, 4.69) is 0 Å². The second-order valence-corrected chi connectivity index (χ2v) is 3.82. The summed E-state index contributed by atoms with van der Waals surface area (Å²) in [6, 6.07) is 6.74. The van der Waals surface area contributed by atoms with Gasteiger partial charge in [0.2, 0.25) is 0 Å². The quantitative estimate of drug-likeness (QED) is 0.688. The van der Waals surface area contributed by atoms with Gasteiger partial charge in [-0.1, -0.05) is 23.7 Å². The Morgan fingerprint density at radius 3 is 2.47 bits per heavy atom. The van der Waals surface area contributed by atoms with Crippen molar-refractivity contribution in [3.05, 3.63) is 34.9 Å². The molecule has 1 unspecified atom stereocenters. The molecule has 1 aliphatic heterocycles. The Morgan fingerprint density at radius 1 is 1.13 bits per heavy atom. The van der Waals surface area contributed by atoms with Gasteiger partial charge in [0, 0.05) is 17.0 Å². The van der Waals surface area contributed by atoms with Crippen LogP contribution in [0.3, 0.4) is 0 Å². The average molecular weight is 225 g/mol. The van der Waals surface area contributed by atoms with Gasteiger partial charge in [-0.15, -0.1) is 0 Å². The first-order valence-electron chi connectivity index (χ1n) is 4.64. The fourth-order valence-electron chi connectivity index (χ4n) is 1.50. The van der Waals surface area contributed by atoms with Gasteiger partial charge in [-0.3, -0.25) is 9.59 Å². The zero-order valence-electron chi connectivity index (χ0n) is 7.90. The van der Waals surface area contributed by atoms with E-state index in [0.29, 0.717) is 10.6 Å². The van der Waals surface area contributed by atoms with Gasteiger partial charge < -0.3 is 4.74 Å². The molecule has 3 nitrogen and oxygen atoms in total. The van der Waals surface area contributed by atoms with Gasteiger partial charge in [0.05, 0.1) is 6.42 Å². The minimum atomic E-state index is -0.747. The fourth-order valence-corrected chi connectivity index (χ4v) is 1.63. The van der Waals surface area contributed by atoms with Crippen LogP contribution in [-0.4, -0.2) is 11.8 Å². The van der Waals surface area contributed by atoms with Gasteiger partial charge in [0.25, 0.3) is 0 Å². The third kappa shape index (κ3) is 2.18. The van der Waals surface area contributed by atoms with Gasteiger partial charge >= 0.3 is 5.97 Å². The summed E-state index contributed by atoms with van der Waals surface area (Å²) < 4.78 is 4.99. The summed E-state index contributed by atoms with van der Waals surface area (Å²) in [5.74, 6) is -0.383. The van der Waals surface area contributed by atoms with E-state index in [9.17, 15) is 9.59 Å². The number of carbonyl (C=O) groups excluding carboxylic acids is 2. The Kier molecular flexibility index (Phi) is 2.73. The van der Waals surface area contributed by atoms with Crippen LogP contribution in [0.2, 0.25) is 5.02 Å².